The van der Waals surface area contributed by atoms with E-state index in [0.29, 0.717) is 12.5 Å². The second kappa shape index (κ2) is 6.15. The Balaban J connectivity index is 1.63. The molecule has 6 nitrogen and oxygen atoms in total. The molecule has 1 saturated heterocycles. The highest BCUT2D eigenvalue weighted by Gasteiger charge is 2.25. The maximum absolute atomic E-state index is 11.6. The number of likely N-dealkylation sites (tertiary alicyclic amines) is 1. The Hall–Kier alpha value is -1.14. The normalized spacial score (nSPS) is 21.6. The van der Waals surface area contributed by atoms with Crippen LogP contribution in [-0.4, -0.2) is 49.1 Å². The summed E-state index contributed by atoms with van der Waals surface area (Å²) in [6.45, 7) is 2.80. The first-order chi connectivity index (χ1) is 8.67. The van der Waals surface area contributed by atoms with Gasteiger partial charge in [0.1, 0.15) is 0 Å². The van der Waals surface area contributed by atoms with Crippen LogP contribution in [0.3, 0.4) is 0 Å². The molecule has 102 valence electrons. The predicted molar refractivity (Wildman–Crippen MR) is 67.9 cm³/mol. The Morgan fingerprint density at radius 1 is 1.17 bits per heavy atom. The first kappa shape index (κ1) is 13.3. The lowest BCUT2D eigenvalue weighted by molar-refractivity contribution is -0.121. The predicted octanol–water partition coefficient (Wildman–Crippen LogP) is -0.355. The third-order valence-corrected chi connectivity index (χ3v) is 3.57. The van der Waals surface area contributed by atoms with Crippen LogP contribution < -0.4 is 16.4 Å². The largest absolute Gasteiger partial charge is 0.335 e. The minimum absolute atomic E-state index is 0.223. The average Bonchev–Trinajstić information content (AvgIpc) is 3.13. The van der Waals surface area contributed by atoms with Gasteiger partial charge in [0.15, 0.2) is 0 Å². The topological polar surface area (TPSA) is 87.5 Å². The van der Waals surface area contributed by atoms with Gasteiger partial charge in [0.25, 0.3) is 0 Å². The smallest absolute Gasteiger partial charge is 0.321 e. The van der Waals surface area contributed by atoms with Gasteiger partial charge in [-0.3, -0.25) is 15.0 Å². The van der Waals surface area contributed by atoms with Gasteiger partial charge >= 0.3 is 6.03 Å². The van der Waals surface area contributed by atoms with Gasteiger partial charge in [-0.2, -0.15) is 0 Å². The molecule has 1 aliphatic heterocycles. The third kappa shape index (κ3) is 4.27. The van der Waals surface area contributed by atoms with Crippen molar-refractivity contribution in [1.82, 2.24) is 15.5 Å². The highest BCUT2D eigenvalue weighted by Crippen LogP contribution is 2.18. The van der Waals surface area contributed by atoms with Crippen molar-refractivity contribution in [3.63, 3.8) is 0 Å². The Bertz CT molecular complexity index is 309. The molecule has 1 aliphatic carbocycles. The number of amides is 3. The van der Waals surface area contributed by atoms with E-state index < -0.39 is 0 Å². The fraction of sp³-hybridized carbons (Fsp3) is 0.833. The maximum atomic E-state index is 11.6. The van der Waals surface area contributed by atoms with Gasteiger partial charge in [-0.1, -0.05) is 0 Å². The molecule has 2 rings (SSSR count). The van der Waals surface area contributed by atoms with Gasteiger partial charge in [0, 0.05) is 6.04 Å². The van der Waals surface area contributed by atoms with Gasteiger partial charge in [-0.15, -0.1) is 0 Å². The zero-order valence-corrected chi connectivity index (χ0v) is 10.7. The van der Waals surface area contributed by atoms with Crippen molar-refractivity contribution >= 4 is 11.9 Å². The summed E-state index contributed by atoms with van der Waals surface area (Å²) >= 11 is 0. The monoisotopic (exact) mass is 254 g/mol. The second-order valence-electron chi connectivity index (χ2n) is 5.25. The number of nitrogens with two attached hydrogens (primary N) is 1. The molecule has 0 spiro atoms. The molecule has 18 heavy (non-hydrogen) atoms. The quantitative estimate of drug-likeness (QED) is 0.639. The van der Waals surface area contributed by atoms with E-state index in [1.54, 1.807) is 0 Å². The minimum Gasteiger partial charge on any atom is -0.335 e. The molecule has 6 heteroatoms. The molecule has 1 saturated carbocycles. The number of hydrogen-bond acceptors (Lipinski definition) is 4. The fourth-order valence-corrected chi connectivity index (χ4v) is 2.20. The molecular formula is C12H22N4O2. The number of nitrogens with zero attached hydrogens (tertiary/aromatic N) is 1. The van der Waals surface area contributed by atoms with Gasteiger partial charge in [-0.25, -0.2) is 4.79 Å². The van der Waals surface area contributed by atoms with E-state index in [0.717, 1.165) is 45.3 Å². The van der Waals surface area contributed by atoms with Crippen LogP contribution in [0.1, 0.15) is 25.7 Å². The molecule has 0 bridgehead atoms. The number of hydrogen-bond donors (Lipinski definition) is 3. The van der Waals surface area contributed by atoms with Crippen LogP contribution in [0.2, 0.25) is 0 Å². The van der Waals surface area contributed by atoms with Gasteiger partial charge in [0.2, 0.25) is 5.91 Å². The molecule has 0 aromatic heterocycles. The van der Waals surface area contributed by atoms with E-state index in [-0.39, 0.29) is 18.0 Å². The number of carbonyl (C=O) groups is 2. The van der Waals surface area contributed by atoms with Crippen molar-refractivity contribution in [2.75, 3.05) is 26.2 Å². The molecule has 0 unspecified atom stereocenters. The highest BCUT2D eigenvalue weighted by molar-refractivity contribution is 5.95. The van der Waals surface area contributed by atoms with Crippen molar-refractivity contribution in [2.24, 2.45) is 11.7 Å². The van der Waals surface area contributed by atoms with E-state index in [9.17, 15) is 9.59 Å². The number of rotatable bonds is 4. The summed E-state index contributed by atoms with van der Waals surface area (Å²) in [6.07, 6.45) is 4.12. The maximum Gasteiger partial charge on any atom is 0.321 e. The van der Waals surface area contributed by atoms with Crippen molar-refractivity contribution in [3.8, 4) is 0 Å². The van der Waals surface area contributed by atoms with Crippen molar-refractivity contribution < 1.29 is 9.59 Å². The lowest BCUT2D eigenvalue weighted by Gasteiger charge is -2.30. The Morgan fingerprint density at radius 3 is 2.39 bits per heavy atom. The summed E-state index contributed by atoms with van der Waals surface area (Å²) in [5.74, 6) is 0.363. The van der Waals surface area contributed by atoms with E-state index in [2.05, 4.69) is 15.5 Å². The molecule has 2 fully saturated rings. The van der Waals surface area contributed by atoms with Crippen LogP contribution in [-0.2, 0) is 4.79 Å². The molecule has 3 amide bonds. The molecule has 0 radical (unpaired) electrons. The van der Waals surface area contributed by atoms with E-state index in [1.807, 2.05) is 0 Å². The zero-order chi connectivity index (χ0) is 13.0. The number of piperidine rings is 1. The second-order valence-corrected chi connectivity index (χ2v) is 5.25. The van der Waals surface area contributed by atoms with Crippen molar-refractivity contribution in [3.05, 3.63) is 0 Å². The van der Waals surface area contributed by atoms with Crippen LogP contribution in [0.25, 0.3) is 0 Å². The Labute approximate surface area is 107 Å². The van der Waals surface area contributed by atoms with Crippen LogP contribution in [0.15, 0.2) is 0 Å². The van der Waals surface area contributed by atoms with Gasteiger partial charge in [-0.05, 0) is 51.2 Å². The molecule has 0 aromatic carbocycles. The van der Waals surface area contributed by atoms with Crippen LogP contribution in [0.4, 0.5) is 4.79 Å². The fourth-order valence-electron chi connectivity index (χ4n) is 2.20. The van der Waals surface area contributed by atoms with Crippen LogP contribution >= 0.6 is 0 Å². The Morgan fingerprint density at radius 2 is 1.83 bits per heavy atom. The summed E-state index contributed by atoms with van der Waals surface area (Å²) in [4.78, 5) is 25.1. The van der Waals surface area contributed by atoms with Gasteiger partial charge < -0.3 is 11.1 Å². The van der Waals surface area contributed by atoms with E-state index in [4.69, 9.17) is 5.73 Å². The van der Waals surface area contributed by atoms with Gasteiger partial charge in [0.05, 0.1) is 6.54 Å². The summed E-state index contributed by atoms with van der Waals surface area (Å²) in [5.41, 5.74) is 5.62. The van der Waals surface area contributed by atoms with E-state index in [1.165, 1.54) is 0 Å². The summed E-state index contributed by atoms with van der Waals surface area (Å²) in [6, 6.07) is -0.0857. The number of carbonyl (C=O) groups excluding carboxylic acids is 2. The number of imide groups is 1. The molecule has 4 N–H and O–H groups in total. The van der Waals surface area contributed by atoms with E-state index >= 15 is 0 Å². The number of urea groups is 1. The molecular weight excluding hydrogens is 232 g/mol. The highest BCUT2D eigenvalue weighted by atomic mass is 16.2. The van der Waals surface area contributed by atoms with Crippen LogP contribution in [0, 0.1) is 5.92 Å². The third-order valence-electron chi connectivity index (χ3n) is 3.57. The minimum atomic E-state index is -0.362. The van der Waals surface area contributed by atoms with Crippen LogP contribution in [0.5, 0.6) is 0 Å². The molecule has 0 atom stereocenters. The standard InChI is InChI=1S/C12H22N4O2/c13-7-9-3-5-16(6-4-9)8-11(17)15-12(18)14-10-1-2-10/h9-10H,1-8,13H2,(H2,14,15,17,18). The number of nitrogens with one attached hydrogen (secondary N) is 2. The first-order valence-corrected chi connectivity index (χ1v) is 6.70. The summed E-state index contributed by atoms with van der Waals surface area (Å²) in [7, 11) is 0. The zero-order valence-electron chi connectivity index (χ0n) is 10.7. The van der Waals surface area contributed by atoms with Crippen molar-refractivity contribution in [1.29, 1.82) is 0 Å². The molecule has 2 aliphatic rings. The molecule has 1 heterocycles. The van der Waals surface area contributed by atoms with Crippen molar-refractivity contribution in [2.45, 2.75) is 31.7 Å². The Kier molecular flexibility index (Phi) is 4.54. The average molecular weight is 254 g/mol. The SMILES string of the molecule is NCC1CCN(CC(=O)NC(=O)NC2CC2)CC1. The first-order valence-electron chi connectivity index (χ1n) is 6.70. The lowest BCUT2D eigenvalue weighted by atomic mass is 9.97. The summed E-state index contributed by atoms with van der Waals surface area (Å²) in [5, 5.41) is 5.10. The molecule has 0 aromatic rings. The summed E-state index contributed by atoms with van der Waals surface area (Å²) < 4.78 is 0. The lowest BCUT2D eigenvalue weighted by Crippen LogP contribution is -2.47.